The Labute approximate surface area is 179 Å². The quantitative estimate of drug-likeness (QED) is 0.714. The first-order chi connectivity index (χ1) is 13.9. The topological polar surface area (TPSA) is 47.6 Å². The molecule has 6 heteroatoms. The number of nitrogens with one attached hydrogen (secondary N) is 2. The molecule has 1 aliphatic heterocycles. The zero-order valence-electron chi connectivity index (χ0n) is 17.4. The van der Waals surface area contributed by atoms with Gasteiger partial charge >= 0.3 is 0 Å². The number of hydrogen-bond acceptors (Lipinski definition) is 3. The zero-order valence-corrected chi connectivity index (χ0v) is 18.3. The number of hydrogen-bond donors (Lipinski definition) is 2. The van der Waals surface area contributed by atoms with Crippen molar-refractivity contribution in [2.45, 2.75) is 32.2 Å². The van der Waals surface area contributed by atoms with E-state index in [9.17, 15) is 4.79 Å². The van der Waals surface area contributed by atoms with Crippen LogP contribution in [0.15, 0.2) is 48.5 Å². The van der Waals surface area contributed by atoms with Crippen LogP contribution in [0.25, 0.3) is 0 Å². The summed E-state index contributed by atoms with van der Waals surface area (Å²) in [6, 6.07) is 16.2. The third-order valence-electron chi connectivity index (χ3n) is 5.26. The van der Waals surface area contributed by atoms with Gasteiger partial charge in [-0.15, -0.1) is 0 Å². The molecule has 1 fully saturated rings. The second-order valence-corrected chi connectivity index (χ2v) is 8.14. The van der Waals surface area contributed by atoms with E-state index >= 15 is 0 Å². The van der Waals surface area contributed by atoms with Gasteiger partial charge in [-0.3, -0.25) is 4.79 Å². The predicted octanol–water partition coefficient (Wildman–Crippen LogP) is 4.43. The fraction of sp³-hybridized carbons (Fsp3) is 0.391. The van der Waals surface area contributed by atoms with Crippen molar-refractivity contribution in [1.29, 1.82) is 0 Å². The molecule has 1 aliphatic rings. The maximum atomic E-state index is 12.0. The molecule has 154 valence electrons. The van der Waals surface area contributed by atoms with Gasteiger partial charge < -0.3 is 20.4 Å². The molecule has 3 rings (SSSR count). The molecular formula is C23H30N4OS. The lowest BCUT2D eigenvalue weighted by molar-refractivity contribution is 0.0827. The van der Waals surface area contributed by atoms with Gasteiger partial charge in [0.05, 0.1) is 6.04 Å². The first kappa shape index (κ1) is 21.1. The van der Waals surface area contributed by atoms with E-state index in [-0.39, 0.29) is 11.9 Å². The minimum absolute atomic E-state index is 0.0149. The molecule has 2 aromatic rings. The highest BCUT2D eigenvalue weighted by Gasteiger charge is 2.13. The smallest absolute Gasteiger partial charge is 0.253 e. The Hall–Kier alpha value is -2.60. The molecule has 2 N–H and O–H groups in total. The normalized spacial score (nSPS) is 14.8. The van der Waals surface area contributed by atoms with Crippen molar-refractivity contribution in [1.82, 2.24) is 10.2 Å². The van der Waals surface area contributed by atoms with Crippen LogP contribution in [0.2, 0.25) is 0 Å². The largest absolute Gasteiger partial charge is 0.372 e. The van der Waals surface area contributed by atoms with Crippen molar-refractivity contribution in [3.8, 4) is 0 Å². The fourth-order valence-corrected chi connectivity index (χ4v) is 3.82. The molecule has 5 nitrogen and oxygen atoms in total. The Bertz CT molecular complexity index is 827. The van der Waals surface area contributed by atoms with E-state index < -0.39 is 0 Å². The van der Waals surface area contributed by atoms with E-state index in [4.69, 9.17) is 12.2 Å². The number of nitrogens with zero attached hydrogens (tertiary/aromatic N) is 2. The molecule has 1 atom stereocenters. The molecule has 0 spiro atoms. The first-order valence-corrected chi connectivity index (χ1v) is 10.6. The van der Waals surface area contributed by atoms with E-state index in [1.807, 2.05) is 12.1 Å². The molecule has 0 bridgehead atoms. The van der Waals surface area contributed by atoms with E-state index in [0.717, 1.165) is 18.8 Å². The van der Waals surface area contributed by atoms with E-state index in [1.54, 1.807) is 31.1 Å². The van der Waals surface area contributed by atoms with Gasteiger partial charge in [-0.1, -0.05) is 12.1 Å². The minimum Gasteiger partial charge on any atom is -0.372 e. The summed E-state index contributed by atoms with van der Waals surface area (Å²) in [4.78, 5) is 16.0. The number of piperidine rings is 1. The second-order valence-electron chi connectivity index (χ2n) is 7.74. The molecule has 1 amide bonds. The number of rotatable bonds is 5. The SMILES string of the molecule is C[C@@H](NC(=S)Nc1ccc(C(=O)N(C)C)cc1)c1ccc(N2CCCCC2)cc1. The maximum Gasteiger partial charge on any atom is 0.253 e. The van der Waals surface area contributed by atoms with Gasteiger partial charge in [0.15, 0.2) is 5.11 Å². The Kier molecular flexibility index (Phi) is 7.09. The van der Waals surface area contributed by atoms with Crippen LogP contribution in [0.4, 0.5) is 11.4 Å². The average Bonchev–Trinajstić information content (AvgIpc) is 2.74. The predicted molar refractivity (Wildman–Crippen MR) is 125 cm³/mol. The number of carbonyl (C=O) groups excluding carboxylic acids is 1. The summed E-state index contributed by atoms with van der Waals surface area (Å²) in [5.74, 6) is -0.0149. The number of anilines is 2. The van der Waals surface area contributed by atoms with Crippen molar-refractivity contribution >= 4 is 34.6 Å². The van der Waals surface area contributed by atoms with Gasteiger partial charge in [-0.25, -0.2) is 0 Å². The highest BCUT2D eigenvalue weighted by atomic mass is 32.1. The summed E-state index contributed by atoms with van der Waals surface area (Å²) in [6.45, 7) is 4.41. The monoisotopic (exact) mass is 410 g/mol. The molecule has 0 saturated carbocycles. The van der Waals surface area contributed by atoms with Crippen LogP contribution in [0, 0.1) is 0 Å². The van der Waals surface area contributed by atoms with Crippen LogP contribution in [0.5, 0.6) is 0 Å². The highest BCUT2D eigenvalue weighted by molar-refractivity contribution is 7.80. The minimum atomic E-state index is -0.0149. The second kappa shape index (κ2) is 9.74. The van der Waals surface area contributed by atoms with Crippen molar-refractivity contribution in [3.63, 3.8) is 0 Å². The van der Waals surface area contributed by atoms with Crippen molar-refractivity contribution < 1.29 is 4.79 Å². The van der Waals surface area contributed by atoms with Gasteiger partial charge in [0.1, 0.15) is 0 Å². The standard InChI is InChI=1S/C23H30N4OS/c1-17(18-9-13-21(14-10-18)27-15-5-4-6-16-27)24-23(29)25-20-11-7-19(8-12-20)22(28)26(2)3/h7-14,17H,4-6,15-16H2,1-3H3,(H2,24,25,29)/t17-/m1/s1. The van der Waals surface area contributed by atoms with E-state index in [1.165, 1.54) is 30.5 Å². The van der Waals surface area contributed by atoms with Crippen LogP contribution in [-0.4, -0.2) is 43.1 Å². The van der Waals surface area contributed by atoms with E-state index in [2.05, 4.69) is 46.7 Å². The van der Waals surface area contributed by atoms with Gasteiger partial charge in [0, 0.05) is 44.1 Å². The van der Waals surface area contributed by atoms with Gasteiger partial charge in [-0.2, -0.15) is 0 Å². The van der Waals surface area contributed by atoms with E-state index in [0.29, 0.717) is 10.7 Å². The van der Waals surface area contributed by atoms with Crippen molar-refractivity contribution in [2.75, 3.05) is 37.4 Å². The van der Waals surface area contributed by atoms with Crippen molar-refractivity contribution in [2.24, 2.45) is 0 Å². The molecule has 0 aromatic heterocycles. The number of thiocarbonyl (C=S) groups is 1. The maximum absolute atomic E-state index is 12.0. The Morgan fingerprint density at radius 2 is 1.62 bits per heavy atom. The molecular weight excluding hydrogens is 380 g/mol. The Morgan fingerprint density at radius 3 is 2.21 bits per heavy atom. The lowest BCUT2D eigenvalue weighted by Gasteiger charge is -2.29. The summed E-state index contributed by atoms with van der Waals surface area (Å²) in [5, 5.41) is 7.08. The van der Waals surface area contributed by atoms with Crippen LogP contribution >= 0.6 is 12.2 Å². The van der Waals surface area contributed by atoms with Gasteiger partial charge in [0.25, 0.3) is 5.91 Å². The molecule has 1 saturated heterocycles. The average molecular weight is 411 g/mol. The molecule has 0 unspecified atom stereocenters. The zero-order chi connectivity index (χ0) is 20.8. The molecule has 0 radical (unpaired) electrons. The van der Waals surface area contributed by atoms with Crippen LogP contribution in [0.1, 0.15) is 48.1 Å². The summed E-state index contributed by atoms with van der Waals surface area (Å²) in [7, 11) is 3.49. The molecule has 1 heterocycles. The lowest BCUT2D eigenvalue weighted by Crippen LogP contribution is -2.31. The lowest BCUT2D eigenvalue weighted by atomic mass is 10.1. The summed E-state index contributed by atoms with van der Waals surface area (Å²) < 4.78 is 0. The molecule has 2 aromatic carbocycles. The number of carbonyl (C=O) groups is 1. The highest BCUT2D eigenvalue weighted by Crippen LogP contribution is 2.22. The Morgan fingerprint density at radius 1 is 1.00 bits per heavy atom. The molecule has 0 aliphatic carbocycles. The van der Waals surface area contributed by atoms with Gasteiger partial charge in [0.2, 0.25) is 0 Å². The van der Waals surface area contributed by atoms with Crippen molar-refractivity contribution in [3.05, 3.63) is 59.7 Å². The number of amides is 1. The summed E-state index contributed by atoms with van der Waals surface area (Å²) in [5.41, 5.74) is 4.00. The summed E-state index contributed by atoms with van der Waals surface area (Å²) >= 11 is 5.46. The fourth-order valence-electron chi connectivity index (χ4n) is 3.53. The number of benzene rings is 2. The van der Waals surface area contributed by atoms with Crippen LogP contribution in [0.3, 0.4) is 0 Å². The first-order valence-electron chi connectivity index (χ1n) is 10.2. The van der Waals surface area contributed by atoms with Gasteiger partial charge in [-0.05, 0) is 80.4 Å². The third kappa shape index (κ3) is 5.70. The summed E-state index contributed by atoms with van der Waals surface area (Å²) in [6.07, 6.45) is 3.91. The molecule has 29 heavy (non-hydrogen) atoms. The third-order valence-corrected chi connectivity index (χ3v) is 5.48. The van der Waals surface area contributed by atoms with Crippen LogP contribution < -0.4 is 15.5 Å². The Balaban J connectivity index is 1.54. The van der Waals surface area contributed by atoms with Crippen LogP contribution in [-0.2, 0) is 0 Å².